The van der Waals surface area contributed by atoms with Gasteiger partial charge < -0.3 is 0 Å². The number of anilines is 1. The van der Waals surface area contributed by atoms with Gasteiger partial charge in [-0.05, 0) is 25.0 Å². The van der Waals surface area contributed by atoms with Crippen LogP contribution in [-0.2, 0) is 9.09 Å². The third kappa shape index (κ3) is 3.88. The average Bonchev–Trinajstić information content (AvgIpc) is 2.91. The Labute approximate surface area is 128 Å². The topological polar surface area (TPSA) is 32.8 Å². The second-order valence-corrected chi connectivity index (χ2v) is 7.73. The highest BCUT2D eigenvalue weighted by Crippen LogP contribution is 2.59. The minimum atomic E-state index is -2.90. The van der Waals surface area contributed by atoms with Gasteiger partial charge in [0, 0.05) is 18.8 Å². The van der Waals surface area contributed by atoms with Gasteiger partial charge in [0.15, 0.2) is 0 Å². The highest BCUT2D eigenvalue weighted by atomic mass is 31.2. The van der Waals surface area contributed by atoms with Crippen molar-refractivity contribution in [1.82, 2.24) is 4.67 Å². The lowest BCUT2D eigenvalue weighted by molar-refractivity contribution is 0.288. The van der Waals surface area contributed by atoms with Gasteiger partial charge >= 0.3 is 7.67 Å². The SMILES string of the molecule is CCCCN(CCCC)P1(=O)OCCN1c1ccccc1. The first kappa shape index (κ1) is 16.5. The van der Waals surface area contributed by atoms with Crippen molar-refractivity contribution < 1.29 is 9.09 Å². The van der Waals surface area contributed by atoms with E-state index in [1.165, 1.54) is 0 Å². The van der Waals surface area contributed by atoms with Gasteiger partial charge in [-0.3, -0.25) is 9.19 Å². The molecule has 0 radical (unpaired) electrons. The van der Waals surface area contributed by atoms with Crippen molar-refractivity contribution in [3.8, 4) is 0 Å². The molecule has 0 aromatic heterocycles. The van der Waals surface area contributed by atoms with E-state index in [4.69, 9.17) is 4.52 Å². The van der Waals surface area contributed by atoms with E-state index in [0.717, 1.165) is 44.5 Å². The molecule has 0 amide bonds. The molecule has 2 rings (SSSR count). The Bertz CT molecular complexity index is 459. The van der Waals surface area contributed by atoms with Crippen molar-refractivity contribution >= 4 is 13.4 Å². The van der Waals surface area contributed by atoms with Crippen LogP contribution in [0.4, 0.5) is 5.69 Å². The van der Waals surface area contributed by atoms with Crippen molar-refractivity contribution in [3.63, 3.8) is 0 Å². The lowest BCUT2D eigenvalue weighted by Crippen LogP contribution is -2.30. The van der Waals surface area contributed by atoms with Crippen LogP contribution in [0.25, 0.3) is 0 Å². The second kappa shape index (κ2) is 7.98. The molecule has 21 heavy (non-hydrogen) atoms. The van der Waals surface area contributed by atoms with Crippen molar-refractivity contribution in [2.75, 3.05) is 30.9 Å². The van der Waals surface area contributed by atoms with Crippen LogP contribution >= 0.6 is 7.67 Å². The largest absolute Gasteiger partial charge is 0.371 e. The summed E-state index contributed by atoms with van der Waals surface area (Å²) in [4.78, 5) is 0. The van der Waals surface area contributed by atoms with Crippen LogP contribution in [-0.4, -0.2) is 30.9 Å². The Kier molecular flexibility index (Phi) is 6.28. The van der Waals surface area contributed by atoms with Crippen LogP contribution in [0.5, 0.6) is 0 Å². The van der Waals surface area contributed by atoms with E-state index >= 15 is 0 Å². The van der Waals surface area contributed by atoms with Crippen LogP contribution in [0.1, 0.15) is 39.5 Å². The maximum absolute atomic E-state index is 13.5. The minimum Gasteiger partial charge on any atom is -0.300 e. The van der Waals surface area contributed by atoms with Gasteiger partial charge in [-0.15, -0.1) is 0 Å². The fourth-order valence-electron chi connectivity index (χ4n) is 2.60. The third-order valence-corrected chi connectivity index (χ3v) is 6.49. The average molecular weight is 310 g/mol. The number of benzene rings is 1. The van der Waals surface area contributed by atoms with Crippen LogP contribution < -0.4 is 4.67 Å². The summed E-state index contributed by atoms with van der Waals surface area (Å²) in [6.07, 6.45) is 4.32. The van der Waals surface area contributed by atoms with E-state index in [0.29, 0.717) is 13.2 Å². The fraction of sp³-hybridized carbons (Fsp3) is 0.625. The first-order chi connectivity index (χ1) is 10.2. The quantitative estimate of drug-likeness (QED) is 0.660. The predicted octanol–water partition coefficient (Wildman–Crippen LogP) is 4.53. The summed E-state index contributed by atoms with van der Waals surface area (Å²) in [6, 6.07) is 9.98. The highest BCUT2D eigenvalue weighted by molar-refractivity contribution is 7.58. The number of nitrogens with zero attached hydrogens (tertiary/aromatic N) is 2. The van der Waals surface area contributed by atoms with Gasteiger partial charge in [-0.1, -0.05) is 44.9 Å². The summed E-state index contributed by atoms with van der Waals surface area (Å²) in [5.74, 6) is 0. The van der Waals surface area contributed by atoms with E-state index < -0.39 is 7.67 Å². The van der Waals surface area contributed by atoms with Crippen molar-refractivity contribution in [2.45, 2.75) is 39.5 Å². The Hall–Kier alpha value is -0.830. The molecule has 1 atom stereocenters. The summed E-state index contributed by atoms with van der Waals surface area (Å²) in [6.45, 7) is 7.27. The molecule has 1 aromatic rings. The van der Waals surface area contributed by atoms with Crippen LogP contribution in [0.15, 0.2) is 30.3 Å². The smallest absolute Gasteiger partial charge is 0.300 e. The first-order valence-corrected chi connectivity index (χ1v) is 9.58. The molecular formula is C16H27N2O2P. The molecule has 1 aliphatic heterocycles. The van der Waals surface area contributed by atoms with Gasteiger partial charge in [-0.25, -0.2) is 9.24 Å². The van der Waals surface area contributed by atoms with E-state index in [-0.39, 0.29) is 0 Å². The van der Waals surface area contributed by atoms with E-state index in [2.05, 4.69) is 18.5 Å². The van der Waals surface area contributed by atoms with Crippen molar-refractivity contribution in [1.29, 1.82) is 0 Å². The van der Waals surface area contributed by atoms with Gasteiger partial charge in [0.2, 0.25) is 0 Å². The van der Waals surface area contributed by atoms with Crippen LogP contribution in [0.3, 0.4) is 0 Å². The molecular weight excluding hydrogens is 283 g/mol. The number of para-hydroxylation sites is 1. The zero-order valence-corrected chi connectivity index (χ0v) is 14.1. The Morgan fingerprint density at radius 3 is 2.33 bits per heavy atom. The molecule has 1 aromatic carbocycles. The van der Waals surface area contributed by atoms with E-state index in [9.17, 15) is 4.57 Å². The standard InChI is InChI=1S/C16H27N2O2P/c1-3-5-12-17(13-6-4-2)21(19)18(14-15-20-21)16-10-8-7-9-11-16/h7-11H,3-6,12-15H2,1-2H3. The minimum absolute atomic E-state index is 0.543. The normalized spacial score (nSPS) is 22.1. The Morgan fingerprint density at radius 2 is 1.76 bits per heavy atom. The van der Waals surface area contributed by atoms with E-state index in [1.807, 2.05) is 35.0 Å². The number of unbranched alkanes of at least 4 members (excludes halogenated alkanes) is 2. The molecule has 0 saturated carbocycles. The lowest BCUT2D eigenvalue weighted by atomic mass is 10.3. The molecule has 0 bridgehead atoms. The van der Waals surface area contributed by atoms with Crippen LogP contribution in [0.2, 0.25) is 0 Å². The molecule has 0 spiro atoms. The van der Waals surface area contributed by atoms with Gasteiger partial charge in [0.25, 0.3) is 0 Å². The molecule has 4 nitrogen and oxygen atoms in total. The Morgan fingerprint density at radius 1 is 1.14 bits per heavy atom. The second-order valence-electron chi connectivity index (χ2n) is 5.44. The molecule has 1 saturated heterocycles. The summed E-state index contributed by atoms with van der Waals surface area (Å²) in [7, 11) is -2.90. The van der Waals surface area contributed by atoms with Gasteiger partial charge in [0.1, 0.15) is 0 Å². The summed E-state index contributed by atoms with van der Waals surface area (Å²) >= 11 is 0. The monoisotopic (exact) mass is 310 g/mol. The zero-order chi connectivity index (χ0) is 15.1. The number of hydrogen-bond acceptors (Lipinski definition) is 2. The molecule has 1 unspecified atom stereocenters. The predicted molar refractivity (Wildman–Crippen MR) is 88.7 cm³/mol. The van der Waals surface area contributed by atoms with E-state index in [1.54, 1.807) is 0 Å². The molecule has 118 valence electrons. The molecule has 0 N–H and O–H groups in total. The maximum Gasteiger partial charge on any atom is 0.371 e. The van der Waals surface area contributed by atoms with Crippen molar-refractivity contribution in [3.05, 3.63) is 30.3 Å². The highest BCUT2D eigenvalue weighted by Gasteiger charge is 2.42. The zero-order valence-electron chi connectivity index (χ0n) is 13.2. The number of rotatable bonds is 8. The molecule has 5 heteroatoms. The van der Waals surface area contributed by atoms with Crippen molar-refractivity contribution in [2.24, 2.45) is 0 Å². The molecule has 0 aliphatic carbocycles. The maximum atomic E-state index is 13.5. The first-order valence-electron chi connectivity index (χ1n) is 8.05. The summed E-state index contributed by atoms with van der Waals surface area (Å²) in [5, 5.41) is 0. The third-order valence-electron chi connectivity index (χ3n) is 3.82. The summed E-state index contributed by atoms with van der Waals surface area (Å²) < 4.78 is 23.3. The molecule has 1 heterocycles. The Balaban J connectivity index is 2.20. The van der Waals surface area contributed by atoms with Crippen LogP contribution in [0, 0.1) is 0 Å². The van der Waals surface area contributed by atoms with Gasteiger partial charge in [-0.2, -0.15) is 0 Å². The fourth-order valence-corrected chi connectivity index (χ4v) is 5.07. The molecule has 1 aliphatic rings. The molecule has 1 fully saturated rings. The number of hydrogen-bond donors (Lipinski definition) is 0. The summed E-state index contributed by atoms with van der Waals surface area (Å²) in [5.41, 5.74) is 0.997. The lowest BCUT2D eigenvalue weighted by Gasteiger charge is -2.33. The van der Waals surface area contributed by atoms with Gasteiger partial charge in [0.05, 0.1) is 13.2 Å².